The molecule has 4 nitrogen and oxygen atoms in total. The Labute approximate surface area is 233 Å². The van der Waals surface area contributed by atoms with E-state index < -0.39 is 0 Å². The van der Waals surface area contributed by atoms with Crippen LogP contribution in [0.2, 0.25) is 10.0 Å². The van der Waals surface area contributed by atoms with E-state index in [1.165, 1.54) is 0 Å². The van der Waals surface area contributed by atoms with Crippen LogP contribution in [0.15, 0.2) is 119 Å². The molecule has 0 atom stereocenters. The van der Waals surface area contributed by atoms with E-state index in [0.29, 0.717) is 32.9 Å². The lowest BCUT2D eigenvalue weighted by atomic mass is 10.0. The first-order chi connectivity index (χ1) is 18.3. The molecule has 0 amide bonds. The lowest BCUT2D eigenvalue weighted by molar-refractivity contribution is 1.23. The number of nitrogens with zero attached hydrogens (tertiary/aromatic N) is 2. The minimum absolute atomic E-state index is 0.566. The predicted molar refractivity (Wildman–Crippen MR) is 163 cm³/mol. The van der Waals surface area contributed by atoms with Crippen molar-refractivity contribution in [2.75, 3.05) is 0 Å². The highest BCUT2D eigenvalue weighted by Gasteiger charge is 2.08. The van der Waals surface area contributed by atoms with E-state index >= 15 is 0 Å². The molecule has 0 saturated carbocycles. The standard InChI is InChI=1S/C32H28Cl2N4/c1-21-3-7-23(8-4-21)29(35)19-31(25-11-15-27(33)16-12-25)37-38-32(26-13-17-28(34)18-14-26)20-30(36)24-9-5-22(2)6-10-24/h3-20H,35-36H2,1-2H3/b29-19+,30-20?,37-31-,38-32-. The highest BCUT2D eigenvalue weighted by Crippen LogP contribution is 2.18. The first-order valence-corrected chi connectivity index (χ1v) is 12.8. The first-order valence-electron chi connectivity index (χ1n) is 12.0. The molecule has 0 aliphatic heterocycles. The lowest BCUT2D eigenvalue weighted by Gasteiger charge is -2.07. The molecule has 0 aromatic heterocycles. The predicted octanol–water partition coefficient (Wildman–Crippen LogP) is 7.80. The van der Waals surface area contributed by atoms with Gasteiger partial charge in [-0.2, -0.15) is 0 Å². The summed E-state index contributed by atoms with van der Waals surface area (Å²) in [5.41, 5.74) is 21.0. The van der Waals surface area contributed by atoms with Crippen LogP contribution in [0.25, 0.3) is 11.4 Å². The Bertz CT molecular complexity index is 1390. The Kier molecular flexibility index (Phi) is 8.80. The molecule has 0 aliphatic carbocycles. The maximum absolute atomic E-state index is 6.48. The summed E-state index contributed by atoms with van der Waals surface area (Å²) in [6, 6.07) is 30.8. The van der Waals surface area contributed by atoms with E-state index in [-0.39, 0.29) is 0 Å². The molecule has 0 aliphatic rings. The third kappa shape index (κ3) is 7.22. The van der Waals surface area contributed by atoms with Gasteiger partial charge in [-0.15, -0.1) is 10.2 Å². The second kappa shape index (κ2) is 12.4. The second-order valence-corrected chi connectivity index (χ2v) is 9.79. The molecule has 0 spiro atoms. The Morgan fingerprint density at radius 2 is 0.789 bits per heavy atom. The quantitative estimate of drug-likeness (QED) is 0.186. The van der Waals surface area contributed by atoms with Crippen molar-refractivity contribution in [3.63, 3.8) is 0 Å². The zero-order chi connectivity index (χ0) is 27.1. The van der Waals surface area contributed by atoms with E-state index in [1.807, 2.05) is 98.8 Å². The topological polar surface area (TPSA) is 76.8 Å². The van der Waals surface area contributed by atoms with Crippen LogP contribution in [0, 0.1) is 13.8 Å². The van der Waals surface area contributed by atoms with Gasteiger partial charge >= 0.3 is 0 Å². The van der Waals surface area contributed by atoms with Gasteiger partial charge in [0.25, 0.3) is 0 Å². The van der Waals surface area contributed by atoms with E-state index in [2.05, 4.69) is 10.2 Å². The van der Waals surface area contributed by atoms with Crippen LogP contribution in [-0.2, 0) is 0 Å². The summed E-state index contributed by atoms with van der Waals surface area (Å²) in [5.74, 6) is 0. The van der Waals surface area contributed by atoms with Gasteiger partial charge in [-0.05, 0) is 61.4 Å². The van der Waals surface area contributed by atoms with Crippen LogP contribution < -0.4 is 11.5 Å². The lowest BCUT2D eigenvalue weighted by Crippen LogP contribution is -2.06. The molecule has 4 rings (SSSR count). The van der Waals surface area contributed by atoms with Gasteiger partial charge in [0.1, 0.15) is 0 Å². The number of hydrogen-bond acceptors (Lipinski definition) is 4. The van der Waals surface area contributed by atoms with Crippen molar-refractivity contribution < 1.29 is 0 Å². The van der Waals surface area contributed by atoms with Gasteiger partial charge in [0, 0.05) is 32.6 Å². The molecule has 4 aromatic rings. The van der Waals surface area contributed by atoms with Crippen molar-refractivity contribution in [1.82, 2.24) is 0 Å². The zero-order valence-corrected chi connectivity index (χ0v) is 22.7. The average molecular weight is 540 g/mol. The number of benzene rings is 4. The van der Waals surface area contributed by atoms with Crippen molar-refractivity contribution in [2.45, 2.75) is 13.8 Å². The molecule has 190 valence electrons. The van der Waals surface area contributed by atoms with Gasteiger partial charge in [0.05, 0.1) is 11.4 Å². The monoisotopic (exact) mass is 538 g/mol. The number of rotatable bonds is 7. The number of aryl methyl sites for hydroxylation is 2. The smallest absolute Gasteiger partial charge is 0.0950 e. The number of halogens is 2. The summed E-state index contributed by atoms with van der Waals surface area (Å²) in [6.07, 6.45) is 3.62. The average Bonchev–Trinajstić information content (AvgIpc) is 2.92. The van der Waals surface area contributed by atoms with Crippen LogP contribution in [-0.4, -0.2) is 11.4 Å². The van der Waals surface area contributed by atoms with Gasteiger partial charge in [0.15, 0.2) is 0 Å². The van der Waals surface area contributed by atoms with Crippen molar-refractivity contribution in [2.24, 2.45) is 21.7 Å². The second-order valence-electron chi connectivity index (χ2n) is 8.92. The summed E-state index contributed by atoms with van der Waals surface area (Å²) in [7, 11) is 0. The van der Waals surface area contributed by atoms with Crippen LogP contribution in [0.1, 0.15) is 33.4 Å². The molecular formula is C32H28Cl2N4. The summed E-state index contributed by atoms with van der Waals surface area (Å²) in [5, 5.41) is 10.5. The van der Waals surface area contributed by atoms with Gasteiger partial charge < -0.3 is 11.5 Å². The largest absolute Gasteiger partial charge is 0.398 e. The van der Waals surface area contributed by atoms with Crippen molar-refractivity contribution in [1.29, 1.82) is 0 Å². The molecule has 4 N–H and O–H groups in total. The number of nitrogens with two attached hydrogens (primary N) is 2. The highest BCUT2D eigenvalue weighted by molar-refractivity contribution is 6.31. The molecule has 38 heavy (non-hydrogen) atoms. The normalized spacial score (nSPS) is 13.1. The van der Waals surface area contributed by atoms with E-state index in [1.54, 1.807) is 24.3 Å². The van der Waals surface area contributed by atoms with Crippen molar-refractivity contribution in [3.05, 3.63) is 153 Å². The summed E-state index contributed by atoms with van der Waals surface area (Å²) in [4.78, 5) is 0. The van der Waals surface area contributed by atoms with Crippen molar-refractivity contribution in [3.8, 4) is 0 Å². The minimum Gasteiger partial charge on any atom is -0.398 e. The fourth-order valence-electron chi connectivity index (χ4n) is 3.64. The maximum atomic E-state index is 6.48. The number of allylic oxidation sites excluding steroid dienone is 2. The van der Waals surface area contributed by atoms with Gasteiger partial charge in [-0.1, -0.05) is 107 Å². The molecule has 0 heterocycles. The fraction of sp³-hybridized carbons (Fsp3) is 0.0625. The van der Waals surface area contributed by atoms with Crippen LogP contribution in [0.5, 0.6) is 0 Å². The number of hydrogen-bond donors (Lipinski definition) is 2. The van der Waals surface area contributed by atoms with Gasteiger partial charge in [0.2, 0.25) is 0 Å². The Morgan fingerprint density at radius 3 is 1.11 bits per heavy atom. The zero-order valence-electron chi connectivity index (χ0n) is 21.2. The molecule has 0 saturated heterocycles. The molecular weight excluding hydrogens is 511 g/mol. The van der Waals surface area contributed by atoms with Crippen LogP contribution in [0.3, 0.4) is 0 Å². The third-order valence-electron chi connectivity index (χ3n) is 5.90. The Morgan fingerprint density at radius 1 is 0.500 bits per heavy atom. The Hall–Kier alpha value is -4.12. The SMILES string of the molecule is Cc1ccc(C(N)=C/C(=N/N=C(/C=C(/N)c2ccc(C)cc2)c2ccc(Cl)cc2)c2ccc(Cl)cc2)cc1. The molecule has 0 unspecified atom stereocenters. The van der Waals surface area contributed by atoms with Crippen LogP contribution in [0.4, 0.5) is 0 Å². The first kappa shape index (κ1) is 26.9. The summed E-state index contributed by atoms with van der Waals surface area (Å²) >= 11 is 12.3. The molecule has 0 radical (unpaired) electrons. The maximum Gasteiger partial charge on any atom is 0.0950 e. The van der Waals surface area contributed by atoms with E-state index in [9.17, 15) is 0 Å². The van der Waals surface area contributed by atoms with E-state index in [0.717, 1.165) is 33.4 Å². The molecule has 6 heteroatoms. The third-order valence-corrected chi connectivity index (χ3v) is 6.40. The van der Waals surface area contributed by atoms with Gasteiger partial charge in [-0.3, -0.25) is 0 Å². The molecule has 4 aromatic carbocycles. The highest BCUT2D eigenvalue weighted by atomic mass is 35.5. The van der Waals surface area contributed by atoms with E-state index in [4.69, 9.17) is 34.7 Å². The molecule has 0 fully saturated rings. The Balaban J connectivity index is 1.83. The summed E-state index contributed by atoms with van der Waals surface area (Å²) in [6.45, 7) is 4.07. The van der Waals surface area contributed by atoms with Crippen molar-refractivity contribution >= 4 is 46.0 Å². The summed E-state index contributed by atoms with van der Waals surface area (Å²) < 4.78 is 0. The fourth-order valence-corrected chi connectivity index (χ4v) is 3.89. The van der Waals surface area contributed by atoms with Crippen LogP contribution >= 0.6 is 23.2 Å². The molecule has 0 bridgehead atoms. The van der Waals surface area contributed by atoms with Gasteiger partial charge in [-0.25, -0.2) is 0 Å². The minimum atomic E-state index is 0.566.